The number of fused-ring (bicyclic) bond motifs is 1. The molecule has 0 radical (unpaired) electrons. The maximum absolute atomic E-state index is 13.0. The van der Waals surface area contributed by atoms with E-state index >= 15 is 0 Å². The molecule has 0 saturated carbocycles. The molecule has 1 aliphatic heterocycles. The Bertz CT molecular complexity index is 1340. The highest BCUT2D eigenvalue weighted by Crippen LogP contribution is 2.31. The lowest BCUT2D eigenvalue weighted by Crippen LogP contribution is -2.50. The van der Waals surface area contributed by atoms with Crippen LogP contribution in [0, 0.1) is 0 Å². The van der Waals surface area contributed by atoms with Gasteiger partial charge in [-0.15, -0.1) is 0 Å². The van der Waals surface area contributed by atoms with Crippen molar-refractivity contribution in [3.63, 3.8) is 0 Å². The molecule has 0 aliphatic carbocycles. The molecule has 3 aromatic rings. The second-order valence-electron chi connectivity index (χ2n) is 7.48. The number of carbonyl (C=O) groups is 2. The highest BCUT2D eigenvalue weighted by atomic mass is 32.2. The fourth-order valence-electron chi connectivity index (χ4n) is 3.38. The molecule has 1 aliphatic rings. The number of nitrogens with zero attached hydrogens (tertiary/aromatic N) is 1. The van der Waals surface area contributed by atoms with Crippen molar-refractivity contribution in [3.05, 3.63) is 78.4 Å². The van der Waals surface area contributed by atoms with E-state index in [9.17, 15) is 18.0 Å². The summed E-state index contributed by atoms with van der Waals surface area (Å²) in [5, 5.41) is 0. The minimum Gasteiger partial charge on any atom is -0.495 e. The molecule has 0 saturated heterocycles. The Hall–Kier alpha value is -4.25. The van der Waals surface area contributed by atoms with Gasteiger partial charge < -0.3 is 14.2 Å². The largest absolute Gasteiger partial charge is 0.495 e. The molecule has 10 nitrogen and oxygen atoms in total. The second-order valence-corrected chi connectivity index (χ2v) is 9.45. The molecule has 2 N–H and O–H groups in total. The van der Waals surface area contributed by atoms with E-state index in [0.717, 1.165) is 4.31 Å². The van der Waals surface area contributed by atoms with E-state index in [-0.39, 0.29) is 17.1 Å². The van der Waals surface area contributed by atoms with Crippen LogP contribution in [0.15, 0.2) is 77.7 Å². The average molecular weight is 498 g/mol. The lowest BCUT2D eigenvalue weighted by molar-refractivity contribution is -0.131. The maximum atomic E-state index is 13.0. The fraction of sp³-hybridized carbons (Fsp3) is 0.167. The van der Waals surface area contributed by atoms with Crippen LogP contribution < -0.4 is 29.4 Å². The van der Waals surface area contributed by atoms with E-state index in [4.69, 9.17) is 14.2 Å². The third-order valence-corrected chi connectivity index (χ3v) is 7.09. The van der Waals surface area contributed by atoms with Gasteiger partial charge in [0.15, 0.2) is 11.5 Å². The highest BCUT2D eigenvalue weighted by Gasteiger charge is 2.28. The average Bonchev–Trinajstić information content (AvgIpc) is 2.90. The summed E-state index contributed by atoms with van der Waals surface area (Å²) in [6, 6.07) is 19.0. The Balaban J connectivity index is 1.38. The number of sulfonamides is 1. The predicted molar refractivity (Wildman–Crippen MR) is 127 cm³/mol. The summed E-state index contributed by atoms with van der Waals surface area (Å²) in [6.07, 6.45) is -0.941. The van der Waals surface area contributed by atoms with Gasteiger partial charge in [0.25, 0.3) is 21.8 Å². The molecule has 1 heterocycles. The summed E-state index contributed by atoms with van der Waals surface area (Å²) < 4.78 is 43.5. The van der Waals surface area contributed by atoms with E-state index < -0.39 is 27.9 Å². The van der Waals surface area contributed by atoms with Crippen molar-refractivity contribution in [1.82, 2.24) is 10.9 Å². The first kappa shape index (κ1) is 23.9. The van der Waals surface area contributed by atoms with Gasteiger partial charge in [0.05, 0.1) is 17.7 Å². The Kier molecular flexibility index (Phi) is 6.78. The zero-order chi connectivity index (χ0) is 25.0. The molecule has 11 heteroatoms. The first-order valence-electron chi connectivity index (χ1n) is 10.5. The summed E-state index contributed by atoms with van der Waals surface area (Å²) >= 11 is 0. The third kappa shape index (κ3) is 4.99. The van der Waals surface area contributed by atoms with Crippen LogP contribution in [0.3, 0.4) is 0 Å². The molecular weight excluding hydrogens is 474 g/mol. The molecule has 0 fully saturated rings. The lowest BCUT2D eigenvalue weighted by atomic mass is 10.2. The summed E-state index contributed by atoms with van der Waals surface area (Å²) in [5.41, 5.74) is 5.11. The van der Waals surface area contributed by atoms with Crippen LogP contribution in [0.4, 0.5) is 5.69 Å². The number of nitrogens with one attached hydrogen (secondary N) is 2. The van der Waals surface area contributed by atoms with Gasteiger partial charge in [0, 0.05) is 12.6 Å². The molecule has 182 valence electrons. The number of benzene rings is 3. The number of methoxy groups -OCH3 is 1. The second kappa shape index (κ2) is 9.94. The molecule has 0 spiro atoms. The molecule has 1 atom stereocenters. The number of ether oxygens (including phenoxy) is 3. The van der Waals surface area contributed by atoms with Crippen molar-refractivity contribution in [2.45, 2.75) is 11.0 Å². The van der Waals surface area contributed by atoms with Crippen molar-refractivity contribution >= 4 is 27.5 Å². The molecule has 3 aromatic carbocycles. The van der Waals surface area contributed by atoms with E-state index in [1.54, 1.807) is 48.5 Å². The minimum atomic E-state index is -3.91. The predicted octanol–water partition coefficient (Wildman–Crippen LogP) is 2.12. The van der Waals surface area contributed by atoms with Crippen molar-refractivity contribution in [2.24, 2.45) is 0 Å². The maximum Gasteiger partial charge on any atom is 0.283 e. The number of carbonyl (C=O) groups excluding carboxylic acids is 2. The standard InChI is InChI=1S/C24H23N3O7S/c1-27(18-7-3-4-8-19(18)32-2)35(30,31)17-13-11-16(12-14-17)23(28)25-26-24(29)22-15-33-20-9-5-6-10-21(20)34-22/h3-14,22H,15H2,1-2H3,(H,25,28)(H,26,29)/t22-/m0/s1. The lowest BCUT2D eigenvalue weighted by Gasteiger charge is -2.25. The molecule has 0 aromatic heterocycles. The topological polar surface area (TPSA) is 123 Å². The number of hydrazine groups is 1. The Morgan fingerprint density at radius 2 is 1.60 bits per heavy atom. The van der Waals surface area contributed by atoms with Crippen molar-refractivity contribution in [1.29, 1.82) is 0 Å². The molecule has 4 rings (SSSR count). The van der Waals surface area contributed by atoms with Crippen molar-refractivity contribution in [2.75, 3.05) is 25.1 Å². The molecule has 2 amide bonds. The third-order valence-electron chi connectivity index (χ3n) is 5.30. The summed E-state index contributed by atoms with van der Waals surface area (Å²) in [5.74, 6) is 0.149. The Morgan fingerprint density at radius 3 is 2.31 bits per heavy atom. The van der Waals surface area contributed by atoms with Gasteiger partial charge in [0.1, 0.15) is 12.4 Å². The summed E-state index contributed by atoms with van der Waals surface area (Å²) in [7, 11) is -1.04. The SMILES string of the molecule is COc1ccccc1N(C)S(=O)(=O)c1ccc(C(=O)NNC(=O)[C@@H]2COc3ccccc3O2)cc1. The number of para-hydroxylation sites is 4. The van der Waals surface area contributed by atoms with Crippen LogP contribution in [0.25, 0.3) is 0 Å². The van der Waals surface area contributed by atoms with Gasteiger partial charge >= 0.3 is 0 Å². The Labute approximate surface area is 202 Å². The van der Waals surface area contributed by atoms with Crippen LogP contribution in [0.2, 0.25) is 0 Å². The molecule has 0 unspecified atom stereocenters. The van der Waals surface area contributed by atoms with Crippen molar-refractivity contribution < 1.29 is 32.2 Å². The molecule has 0 bridgehead atoms. The fourth-order valence-corrected chi connectivity index (χ4v) is 4.58. The number of amides is 2. The first-order chi connectivity index (χ1) is 16.8. The van der Waals surface area contributed by atoms with Crippen LogP contribution in [-0.4, -0.2) is 47.1 Å². The van der Waals surface area contributed by atoms with E-state index in [2.05, 4.69) is 10.9 Å². The minimum absolute atomic E-state index is 0.00894. The van der Waals surface area contributed by atoms with Crippen molar-refractivity contribution in [3.8, 4) is 17.2 Å². The van der Waals surface area contributed by atoms with E-state index in [0.29, 0.717) is 22.9 Å². The van der Waals surface area contributed by atoms with Crippen LogP contribution >= 0.6 is 0 Å². The number of rotatable bonds is 6. The smallest absolute Gasteiger partial charge is 0.283 e. The van der Waals surface area contributed by atoms with Gasteiger partial charge in [-0.3, -0.25) is 24.7 Å². The quantitative estimate of drug-likeness (QED) is 0.500. The summed E-state index contributed by atoms with van der Waals surface area (Å²) in [4.78, 5) is 24.8. The van der Waals surface area contributed by atoms with Gasteiger partial charge in [-0.1, -0.05) is 24.3 Å². The molecule has 35 heavy (non-hydrogen) atoms. The van der Waals surface area contributed by atoms with Gasteiger partial charge in [-0.05, 0) is 48.5 Å². The zero-order valence-electron chi connectivity index (χ0n) is 18.9. The van der Waals surface area contributed by atoms with Crippen LogP contribution in [0.1, 0.15) is 10.4 Å². The Morgan fingerprint density at radius 1 is 0.943 bits per heavy atom. The normalized spacial score (nSPS) is 14.5. The monoisotopic (exact) mass is 497 g/mol. The van der Waals surface area contributed by atoms with E-state index in [1.807, 2.05) is 0 Å². The van der Waals surface area contributed by atoms with Gasteiger partial charge in [-0.2, -0.15) is 0 Å². The number of hydrogen-bond acceptors (Lipinski definition) is 7. The number of hydrogen-bond donors (Lipinski definition) is 2. The molecular formula is C24H23N3O7S. The summed E-state index contributed by atoms with van der Waals surface area (Å²) in [6.45, 7) is -0.00894. The van der Waals surface area contributed by atoms with Gasteiger partial charge in [0.2, 0.25) is 6.10 Å². The number of anilines is 1. The highest BCUT2D eigenvalue weighted by molar-refractivity contribution is 7.92. The first-order valence-corrected chi connectivity index (χ1v) is 12.0. The zero-order valence-corrected chi connectivity index (χ0v) is 19.7. The van der Waals surface area contributed by atoms with Gasteiger partial charge in [-0.25, -0.2) is 8.42 Å². The van der Waals surface area contributed by atoms with E-state index in [1.165, 1.54) is 38.4 Å². The van der Waals surface area contributed by atoms with Crippen LogP contribution in [0.5, 0.6) is 17.2 Å². The van der Waals surface area contributed by atoms with Crippen LogP contribution in [-0.2, 0) is 14.8 Å².